The molecular formula is C31H32O4. The van der Waals surface area contributed by atoms with E-state index >= 15 is 0 Å². The zero-order valence-corrected chi connectivity index (χ0v) is 20.6. The number of hydrogen-bond acceptors (Lipinski definition) is 4. The van der Waals surface area contributed by atoms with Crippen LogP contribution in [0.25, 0.3) is 0 Å². The van der Waals surface area contributed by atoms with Crippen LogP contribution in [0.1, 0.15) is 22.3 Å². The van der Waals surface area contributed by atoms with Crippen molar-refractivity contribution in [1.82, 2.24) is 0 Å². The Morgan fingerprint density at radius 1 is 0.429 bits per heavy atom. The Kier molecular flexibility index (Phi) is 8.29. The maximum Gasteiger partial charge on any atom is 0.160 e. The fourth-order valence-electron chi connectivity index (χ4n) is 4.07. The van der Waals surface area contributed by atoms with E-state index in [-0.39, 0.29) is 0 Å². The third-order valence-corrected chi connectivity index (χ3v) is 6.04. The van der Waals surface area contributed by atoms with Crippen molar-refractivity contribution < 1.29 is 18.9 Å². The largest absolute Gasteiger partial charge is 0.497 e. The lowest BCUT2D eigenvalue weighted by Crippen LogP contribution is -1.96. The first-order chi connectivity index (χ1) is 17.2. The minimum absolute atomic E-state index is 0.748. The first-order valence-corrected chi connectivity index (χ1v) is 11.9. The van der Waals surface area contributed by atoms with Crippen molar-refractivity contribution in [3.8, 4) is 28.7 Å². The fourth-order valence-corrected chi connectivity index (χ4v) is 4.07. The van der Waals surface area contributed by atoms with E-state index in [0.717, 1.165) is 54.4 Å². The van der Waals surface area contributed by atoms with E-state index in [2.05, 4.69) is 48.5 Å². The summed E-state index contributed by atoms with van der Waals surface area (Å²) in [7, 11) is 5.00. The Balaban J connectivity index is 1.35. The first kappa shape index (κ1) is 24.2. The highest BCUT2D eigenvalue weighted by Gasteiger charge is 2.06. The van der Waals surface area contributed by atoms with Gasteiger partial charge in [-0.2, -0.15) is 0 Å². The van der Waals surface area contributed by atoms with Gasteiger partial charge < -0.3 is 18.9 Å². The van der Waals surface area contributed by atoms with Gasteiger partial charge in [-0.1, -0.05) is 42.5 Å². The summed E-state index contributed by atoms with van der Waals surface area (Å²) in [6, 6.07) is 31.0. The zero-order valence-electron chi connectivity index (χ0n) is 20.6. The first-order valence-electron chi connectivity index (χ1n) is 11.9. The Bertz CT molecular complexity index is 1230. The van der Waals surface area contributed by atoms with Crippen molar-refractivity contribution in [1.29, 1.82) is 0 Å². The third-order valence-electron chi connectivity index (χ3n) is 6.04. The quantitative estimate of drug-likeness (QED) is 0.236. The van der Waals surface area contributed by atoms with Crippen molar-refractivity contribution in [2.45, 2.75) is 25.7 Å². The van der Waals surface area contributed by atoms with Gasteiger partial charge in [-0.25, -0.2) is 0 Å². The van der Waals surface area contributed by atoms with E-state index in [1.54, 1.807) is 21.3 Å². The van der Waals surface area contributed by atoms with Gasteiger partial charge in [0.15, 0.2) is 11.5 Å². The summed E-state index contributed by atoms with van der Waals surface area (Å²) in [5.74, 6) is 4.10. The number of hydrogen-bond donors (Lipinski definition) is 0. The van der Waals surface area contributed by atoms with Crippen LogP contribution >= 0.6 is 0 Å². The minimum atomic E-state index is 0.748. The standard InChI is InChI=1S/C31H32O4/c1-32-27-17-14-23(15-18-27)10-11-24-6-4-8-28(20-24)35-29-9-5-7-25(21-29)12-13-26-16-19-30(33-2)31(22-26)34-3/h4-9,14-22H,10-13H2,1-3H3. The second-order valence-corrected chi connectivity index (χ2v) is 8.43. The molecule has 0 amide bonds. The summed E-state index contributed by atoms with van der Waals surface area (Å²) in [5.41, 5.74) is 4.98. The molecule has 4 heteroatoms. The molecule has 0 saturated heterocycles. The van der Waals surface area contributed by atoms with Crippen LogP contribution in [-0.4, -0.2) is 21.3 Å². The SMILES string of the molecule is COc1ccc(CCc2cccc(Oc3cccc(CCc4ccc(OC)c(OC)c4)c3)c2)cc1. The Hall–Kier alpha value is -3.92. The molecule has 180 valence electrons. The summed E-state index contributed by atoms with van der Waals surface area (Å²) < 4.78 is 22.2. The topological polar surface area (TPSA) is 36.9 Å². The minimum Gasteiger partial charge on any atom is -0.497 e. The molecule has 4 aromatic rings. The number of rotatable bonds is 11. The summed E-state index contributed by atoms with van der Waals surface area (Å²) in [4.78, 5) is 0. The predicted molar refractivity (Wildman–Crippen MR) is 140 cm³/mol. The molecule has 0 radical (unpaired) electrons. The van der Waals surface area contributed by atoms with Gasteiger partial charge in [-0.15, -0.1) is 0 Å². The molecule has 0 bridgehead atoms. The molecule has 0 fully saturated rings. The second-order valence-electron chi connectivity index (χ2n) is 8.43. The lowest BCUT2D eigenvalue weighted by atomic mass is 10.0. The molecule has 0 aliphatic rings. The molecule has 4 nitrogen and oxygen atoms in total. The van der Waals surface area contributed by atoms with Crippen molar-refractivity contribution in [3.63, 3.8) is 0 Å². The van der Waals surface area contributed by atoms with E-state index < -0.39 is 0 Å². The summed E-state index contributed by atoms with van der Waals surface area (Å²) in [6.07, 6.45) is 3.74. The van der Waals surface area contributed by atoms with Gasteiger partial charge in [0.2, 0.25) is 0 Å². The number of aryl methyl sites for hydroxylation is 4. The fraction of sp³-hybridized carbons (Fsp3) is 0.226. The highest BCUT2D eigenvalue weighted by atomic mass is 16.5. The lowest BCUT2D eigenvalue weighted by molar-refractivity contribution is 0.354. The Morgan fingerprint density at radius 2 is 0.943 bits per heavy atom. The van der Waals surface area contributed by atoms with E-state index in [1.807, 2.05) is 42.5 Å². The Labute approximate surface area is 208 Å². The second kappa shape index (κ2) is 12.0. The summed E-state index contributed by atoms with van der Waals surface area (Å²) >= 11 is 0. The number of benzene rings is 4. The van der Waals surface area contributed by atoms with Crippen LogP contribution in [0.15, 0.2) is 91.0 Å². The van der Waals surface area contributed by atoms with Crippen LogP contribution in [0.2, 0.25) is 0 Å². The van der Waals surface area contributed by atoms with Gasteiger partial charge >= 0.3 is 0 Å². The molecule has 0 unspecified atom stereocenters. The average Bonchev–Trinajstić information content (AvgIpc) is 2.91. The molecule has 0 heterocycles. The molecule has 0 atom stereocenters. The summed E-state index contributed by atoms with van der Waals surface area (Å²) in [6.45, 7) is 0. The van der Waals surface area contributed by atoms with Crippen molar-refractivity contribution in [3.05, 3.63) is 113 Å². The predicted octanol–water partition coefficient (Wildman–Crippen LogP) is 7.08. The molecule has 0 N–H and O–H groups in total. The molecule has 0 aliphatic heterocycles. The van der Waals surface area contributed by atoms with Crippen molar-refractivity contribution in [2.24, 2.45) is 0 Å². The monoisotopic (exact) mass is 468 g/mol. The van der Waals surface area contributed by atoms with Gasteiger partial charge in [0.05, 0.1) is 21.3 Å². The highest BCUT2D eigenvalue weighted by molar-refractivity contribution is 5.43. The highest BCUT2D eigenvalue weighted by Crippen LogP contribution is 2.29. The van der Waals surface area contributed by atoms with Crippen LogP contribution in [-0.2, 0) is 25.7 Å². The number of ether oxygens (including phenoxy) is 4. The molecule has 0 aromatic heterocycles. The molecule has 4 aromatic carbocycles. The maximum absolute atomic E-state index is 6.21. The molecule has 0 aliphatic carbocycles. The van der Waals surface area contributed by atoms with Crippen molar-refractivity contribution in [2.75, 3.05) is 21.3 Å². The van der Waals surface area contributed by atoms with Crippen LogP contribution < -0.4 is 18.9 Å². The Morgan fingerprint density at radius 3 is 1.49 bits per heavy atom. The van der Waals surface area contributed by atoms with E-state index in [9.17, 15) is 0 Å². The van der Waals surface area contributed by atoms with Crippen LogP contribution in [0.4, 0.5) is 0 Å². The maximum atomic E-state index is 6.21. The van der Waals surface area contributed by atoms with Crippen molar-refractivity contribution >= 4 is 0 Å². The van der Waals surface area contributed by atoms with Crippen LogP contribution in [0.3, 0.4) is 0 Å². The zero-order chi connectivity index (χ0) is 24.5. The molecule has 35 heavy (non-hydrogen) atoms. The van der Waals surface area contributed by atoms with Gasteiger partial charge in [0.1, 0.15) is 17.2 Å². The number of methoxy groups -OCH3 is 3. The summed E-state index contributed by atoms with van der Waals surface area (Å²) in [5, 5.41) is 0. The van der Waals surface area contributed by atoms with E-state index in [0.29, 0.717) is 0 Å². The van der Waals surface area contributed by atoms with Gasteiger partial charge in [0, 0.05) is 0 Å². The average molecular weight is 469 g/mol. The molecule has 4 rings (SSSR count). The van der Waals surface area contributed by atoms with Gasteiger partial charge in [0.25, 0.3) is 0 Å². The van der Waals surface area contributed by atoms with Crippen LogP contribution in [0, 0.1) is 0 Å². The molecule has 0 spiro atoms. The van der Waals surface area contributed by atoms with Crippen LogP contribution in [0.5, 0.6) is 28.7 Å². The molecular weight excluding hydrogens is 436 g/mol. The lowest BCUT2D eigenvalue weighted by Gasteiger charge is -2.11. The van der Waals surface area contributed by atoms with Gasteiger partial charge in [-0.3, -0.25) is 0 Å². The van der Waals surface area contributed by atoms with E-state index in [1.165, 1.54) is 22.3 Å². The third kappa shape index (κ3) is 6.80. The van der Waals surface area contributed by atoms with E-state index in [4.69, 9.17) is 18.9 Å². The molecule has 0 saturated carbocycles. The smallest absolute Gasteiger partial charge is 0.160 e. The normalized spacial score (nSPS) is 10.6. The van der Waals surface area contributed by atoms with Gasteiger partial charge in [-0.05, 0) is 96.5 Å².